The number of hydrogen-bond acceptors (Lipinski definition) is 12. The molecule has 344 valence electrons. The van der Waals surface area contributed by atoms with Gasteiger partial charge < -0.3 is 39.4 Å². The van der Waals surface area contributed by atoms with E-state index in [1.807, 2.05) is 27.7 Å². The molecule has 10 rings (SSSR count). The molecule has 6 saturated carbocycles. The normalized spacial score (nSPS) is 52.6. The van der Waals surface area contributed by atoms with E-state index in [0.717, 1.165) is 0 Å². The number of allylic oxidation sites excluding steroid dienone is 2. The molecule has 10 aliphatic rings. The lowest BCUT2D eigenvalue weighted by Gasteiger charge is -2.61. The molecule has 0 aromatic rings. The van der Waals surface area contributed by atoms with Gasteiger partial charge in [0.05, 0.1) is 24.4 Å². The fourth-order valence-electron chi connectivity index (χ4n) is 16.8. The molecule has 2 heterocycles. The topological polar surface area (TPSA) is 186 Å². The summed E-state index contributed by atoms with van der Waals surface area (Å²) < 4.78 is 55.9. The fourth-order valence-corrected chi connectivity index (χ4v) is 16.8. The Morgan fingerprint density at radius 3 is 1.32 bits per heavy atom. The van der Waals surface area contributed by atoms with Crippen LogP contribution in [0.1, 0.15) is 120 Å². The molecule has 2 aliphatic heterocycles. The summed E-state index contributed by atoms with van der Waals surface area (Å²) in [7, 11) is 0. The summed E-state index contributed by atoms with van der Waals surface area (Å²) in [5.74, 6) is -3.80. The zero-order valence-corrected chi connectivity index (χ0v) is 37.4. The Morgan fingerprint density at radius 2 is 0.984 bits per heavy atom. The van der Waals surface area contributed by atoms with Crippen LogP contribution in [0.15, 0.2) is 23.3 Å². The van der Waals surface area contributed by atoms with E-state index in [2.05, 4.69) is 0 Å². The molecule has 0 radical (unpaired) electrons. The first-order chi connectivity index (χ1) is 28.8. The molecular weight excluding hydrogens is 807 g/mol. The van der Waals surface area contributed by atoms with Gasteiger partial charge in [-0.3, -0.25) is 19.2 Å². The van der Waals surface area contributed by atoms with Crippen molar-refractivity contribution in [3.63, 3.8) is 0 Å². The molecule has 0 aromatic carbocycles. The van der Waals surface area contributed by atoms with Gasteiger partial charge in [-0.2, -0.15) is 0 Å². The third-order valence-electron chi connectivity index (χ3n) is 18.8. The van der Waals surface area contributed by atoms with Gasteiger partial charge in [-0.15, -0.1) is 0 Å². The molecule has 0 unspecified atom stereocenters. The first-order valence-corrected chi connectivity index (χ1v) is 23.0. The van der Waals surface area contributed by atoms with Gasteiger partial charge in [-0.25, -0.2) is 8.78 Å². The van der Waals surface area contributed by atoms with E-state index in [0.29, 0.717) is 62.5 Å². The third-order valence-corrected chi connectivity index (χ3v) is 18.8. The van der Waals surface area contributed by atoms with Crippen LogP contribution in [-0.2, 0) is 38.1 Å². The lowest BCUT2D eigenvalue weighted by molar-refractivity contribution is -0.228. The van der Waals surface area contributed by atoms with Gasteiger partial charge in [-0.1, -0.05) is 27.7 Å². The van der Waals surface area contributed by atoms with Crippen LogP contribution in [0.5, 0.6) is 0 Å². The molecule has 2 saturated heterocycles. The number of fused-ring (bicyclic) bond motifs is 14. The zero-order chi connectivity index (χ0) is 45.1. The smallest absolute Gasteiger partial charge is 0.193 e. The van der Waals surface area contributed by atoms with Crippen molar-refractivity contribution in [3.05, 3.63) is 23.3 Å². The maximum atomic E-state index is 15.5. The minimum absolute atomic E-state index is 0.0457. The Balaban J connectivity index is 0.000000158. The first-order valence-electron chi connectivity index (χ1n) is 23.0. The molecule has 8 fully saturated rings. The number of ketones is 4. The third kappa shape index (κ3) is 5.74. The minimum Gasteiger partial charge on any atom is -0.393 e. The maximum Gasteiger partial charge on any atom is 0.193 e. The molecule has 4 N–H and O–H groups in total. The predicted molar refractivity (Wildman–Crippen MR) is 217 cm³/mol. The van der Waals surface area contributed by atoms with Crippen molar-refractivity contribution in [2.45, 2.75) is 179 Å². The first kappa shape index (κ1) is 44.9. The van der Waals surface area contributed by atoms with Crippen molar-refractivity contribution in [2.24, 2.45) is 57.2 Å². The molecule has 0 bridgehead atoms. The number of carbonyl (C=O) groups is 4. The van der Waals surface area contributed by atoms with Crippen LogP contribution in [0, 0.1) is 57.2 Å². The Labute approximate surface area is 362 Å². The number of alkyl halides is 2. The van der Waals surface area contributed by atoms with Gasteiger partial charge in [0, 0.05) is 23.7 Å². The lowest BCUT2D eigenvalue weighted by Crippen LogP contribution is -2.64. The fraction of sp³-hybridized carbons (Fsp3) is 0.833. The van der Waals surface area contributed by atoms with E-state index in [1.165, 1.54) is 12.2 Å². The van der Waals surface area contributed by atoms with Crippen molar-refractivity contribution in [1.29, 1.82) is 0 Å². The lowest BCUT2D eigenvalue weighted by atomic mass is 9.45. The molecule has 8 aliphatic carbocycles. The van der Waals surface area contributed by atoms with E-state index < -0.39 is 106 Å². The average molecular weight is 873 g/mol. The number of carbonyl (C=O) groups excluding carboxylic acids is 4. The van der Waals surface area contributed by atoms with Crippen LogP contribution in [0.3, 0.4) is 0 Å². The van der Waals surface area contributed by atoms with Crippen LogP contribution >= 0.6 is 0 Å². The highest BCUT2D eigenvalue weighted by molar-refractivity contribution is 5.93. The van der Waals surface area contributed by atoms with E-state index in [-0.39, 0.29) is 59.9 Å². The van der Waals surface area contributed by atoms with E-state index >= 15 is 8.78 Å². The number of aliphatic hydroxyl groups excluding tert-OH is 4. The Kier molecular flexibility index (Phi) is 10.2. The summed E-state index contributed by atoms with van der Waals surface area (Å²) in [6, 6.07) is 0. The largest absolute Gasteiger partial charge is 0.393 e. The molecule has 0 amide bonds. The van der Waals surface area contributed by atoms with E-state index in [9.17, 15) is 39.6 Å². The zero-order valence-electron chi connectivity index (χ0n) is 37.4. The van der Waals surface area contributed by atoms with Crippen LogP contribution in [0.2, 0.25) is 0 Å². The number of hydrogen-bond donors (Lipinski definition) is 4. The second-order valence-electron chi connectivity index (χ2n) is 22.7. The van der Waals surface area contributed by atoms with Gasteiger partial charge in [-0.05, 0) is 149 Å². The SMILES string of the molecule is CC1(C)O[C@@H]2C[C@H]3[C@@H]4C[C@H](F)C5=CC(=O)CC[C@]5(C)[C@H]4[C@@H](O)C[C@]3(C)[C@]2(C(=O)CO)O1.CC1(C)O[C@@H]2C[C@H]3[C@@H]4C[C@H](F)C5=CC(=O)CC[C@]5(C)[C@H]4[C@@H](O)C[C@]3(C)[C@]2(C(=O)CO)O1. The standard InChI is InChI=1S/2C24H33FO6/c2*1-21(2)30-19-9-14-13-8-16(25)15-7-12(27)5-6-22(15,3)20(13)17(28)10-23(14,4)24(19,31-21)18(29)11-26/h2*7,13-14,16-17,19-20,26,28H,5-6,8-11H2,1-4H3/t2*13-,14-,16-,17-,19+,20+,22-,23-,24+/m00/s1. The maximum absolute atomic E-state index is 15.5. The van der Waals surface area contributed by atoms with E-state index in [4.69, 9.17) is 18.9 Å². The van der Waals surface area contributed by atoms with Gasteiger partial charge >= 0.3 is 0 Å². The van der Waals surface area contributed by atoms with Crippen LogP contribution in [0.25, 0.3) is 0 Å². The number of Topliss-reactive ketones (excluding diaryl/α,β-unsaturated/α-hetero) is 2. The highest BCUT2D eigenvalue weighted by Crippen LogP contribution is 2.73. The second kappa shape index (κ2) is 14.1. The molecule has 0 aromatic heterocycles. The monoisotopic (exact) mass is 872 g/mol. The summed E-state index contributed by atoms with van der Waals surface area (Å²) in [5.41, 5.74) is -4.38. The summed E-state index contributed by atoms with van der Waals surface area (Å²) in [6.07, 6.45) is 1.74. The molecule has 12 nitrogen and oxygen atoms in total. The summed E-state index contributed by atoms with van der Waals surface area (Å²) >= 11 is 0. The summed E-state index contributed by atoms with van der Waals surface area (Å²) in [5, 5.41) is 42.6. The number of halogens is 2. The van der Waals surface area contributed by atoms with Gasteiger partial charge in [0.15, 0.2) is 45.9 Å². The molecule has 62 heavy (non-hydrogen) atoms. The van der Waals surface area contributed by atoms with Crippen molar-refractivity contribution in [1.82, 2.24) is 0 Å². The van der Waals surface area contributed by atoms with Crippen LogP contribution in [-0.4, -0.2) is 116 Å². The quantitative estimate of drug-likeness (QED) is 0.297. The molecular formula is C48H66F2O12. The molecule has 0 spiro atoms. The summed E-state index contributed by atoms with van der Waals surface area (Å²) in [4.78, 5) is 50.4. The van der Waals surface area contributed by atoms with Crippen molar-refractivity contribution >= 4 is 23.1 Å². The molecule has 18 atom stereocenters. The summed E-state index contributed by atoms with van der Waals surface area (Å²) in [6.45, 7) is 13.6. The van der Waals surface area contributed by atoms with Gasteiger partial charge in [0.2, 0.25) is 0 Å². The van der Waals surface area contributed by atoms with Gasteiger partial charge in [0.1, 0.15) is 25.6 Å². The number of ether oxygens (including phenoxy) is 4. The molecule has 14 heteroatoms. The minimum atomic E-state index is -1.35. The Hall–Kier alpha value is -2.30. The Bertz CT molecular complexity index is 1880. The van der Waals surface area contributed by atoms with Crippen LogP contribution in [0.4, 0.5) is 8.78 Å². The van der Waals surface area contributed by atoms with Crippen LogP contribution < -0.4 is 0 Å². The van der Waals surface area contributed by atoms with Gasteiger partial charge in [0.25, 0.3) is 0 Å². The Morgan fingerprint density at radius 1 is 0.629 bits per heavy atom. The number of aliphatic hydroxyl groups is 4. The second-order valence-corrected chi connectivity index (χ2v) is 22.7. The van der Waals surface area contributed by atoms with Crippen molar-refractivity contribution in [3.8, 4) is 0 Å². The number of rotatable bonds is 4. The van der Waals surface area contributed by atoms with Crippen molar-refractivity contribution in [2.75, 3.05) is 13.2 Å². The van der Waals surface area contributed by atoms with E-state index in [1.54, 1.807) is 27.7 Å². The highest BCUT2D eigenvalue weighted by atomic mass is 19.1. The average Bonchev–Trinajstić information content (AvgIpc) is 3.80. The van der Waals surface area contributed by atoms with Crippen molar-refractivity contribution < 1.29 is 67.3 Å². The highest BCUT2D eigenvalue weighted by Gasteiger charge is 2.79. The predicted octanol–water partition coefficient (Wildman–Crippen LogP) is 5.00.